The maximum atomic E-state index is 14.6. The molecule has 2 saturated carbocycles. The minimum atomic E-state index is -0.931. The maximum absolute atomic E-state index is 14.6. The molecule has 288 valence electrons. The Bertz CT molecular complexity index is 1880. The van der Waals surface area contributed by atoms with Crippen LogP contribution in [0.4, 0.5) is 4.79 Å². The van der Waals surface area contributed by atoms with Crippen molar-refractivity contribution in [3.05, 3.63) is 47.5 Å². The number of carbonyl (C=O) groups excluding carboxylic acids is 3. The van der Waals surface area contributed by atoms with Crippen molar-refractivity contribution < 1.29 is 33.3 Å². The number of ether oxygens (including phenoxy) is 4. The van der Waals surface area contributed by atoms with Gasteiger partial charge in [0.25, 0.3) is 0 Å². The van der Waals surface area contributed by atoms with Gasteiger partial charge < -0.3 is 34.5 Å². The van der Waals surface area contributed by atoms with Gasteiger partial charge >= 0.3 is 12.1 Å². The van der Waals surface area contributed by atoms with Crippen LogP contribution in [-0.4, -0.2) is 88.8 Å². The lowest BCUT2D eigenvalue weighted by Gasteiger charge is -2.28. The highest BCUT2D eigenvalue weighted by atomic mass is 32.2. The topological polar surface area (TPSA) is 153 Å². The highest BCUT2D eigenvalue weighted by Gasteiger charge is 2.65. The summed E-state index contributed by atoms with van der Waals surface area (Å²) in [5, 5.41) is 12.8. The Labute approximate surface area is 320 Å². The zero-order valence-corrected chi connectivity index (χ0v) is 32.0. The quantitative estimate of drug-likeness (QED) is 0.222. The Balaban J connectivity index is 1.10. The third-order valence-corrected chi connectivity index (χ3v) is 12.1. The van der Waals surface area contributed by atoms with Crippen molar-refractivity contribution in [2.75, 3.05) is 13.7 Å². The number of amides is 2. The Kier molecular flexibility index (Phi) is 10.5. The summed E-state index contributed by atoms with van der Waals surface area (Å²) in [5.74, 6) is 0.866. The van der Waals surface area contributed by atoms with E-state index in [-0.39, 0.29) is 41.8 Å². The van der Waals surface area contributed by atoms with Crippen molar-refractivity contribution in [2.45, 2.75) is 126 Å². The fourth-order valence-electron chi connectivity index (χ4n) is 8.24. The number of hydrogen-bond acceptors (Lipinski definition) is 12. The summed E-state index contributed by atoms with van der Waals surface area (Å²) >= 11 is 1.64. The van der Waals surface area contributed by atoms with Crippen LogP contribution in [0.25, 0.3) is 16.6 Å². The van der Waals surface area contributed by atoms with Crippen LogP contribution in [0, 0.1) is 5.92 Å². The van der Waals surface area contributed by atoms with Crippen LogP contribution in [-0.2, 0) is 19.1 Å². The van der Waals surface area contributed by atoms with Crippen molar-refractivity contribution in [1.82, 2.24) is 25.8 Å². The van der Waals surface area contributed by atoms with Crippen molar-refractivity contribution in [3.63, 3.8) is 0 Å². The Morgan fingerprint density at radius 3 is 2.74 bits per heavy atom. The van der Waals surface area contributed by atoms with Crippen LogP contribution in [0.5, 0.6) is 11.5 Å². The predicted molar refractivity (Wildman–Crippen MR) is 206 cm³/mol. The van der Waals surface area contributed by atoms with Gasteiger partial charge in [0.2, 0.25) is 11.8 Å². The van der Waals surface area contributed by atoms with Gasteiger partial charge in [0, 0.05) is 35.9 Å². The van der Waals surface area contributed by atoms with Crippen LogP contribution < -0.4 is 25.4 Å². The second kappa shape index (κ2) is 15.4. The fourth-order valence-corrected chi connectivity index (χ4v) is 9.25. The molecule has 54 heavy (non-hydrogen) atoms. The third kappa shape index (κ3) is 7.64. The number of fused-ring (bicyclic) bond motifs is 3. The summed E-state index contributed by atoms with van der Waals surface area (Å²) in [5.41, 5.74) is 1.36. The van der Waals surface area contributed by atoms with Gasteiger partial charge in [-0.15, -0.1) is 0 Å². The average Bonchev–Trinajstić information content (AvgIpc) is 3.69. The third-order valence-electron chi connectivity index (χ3n) is 11.2. The van der Waals surface area contributed by atoms with Crippen LogP contribution in [0.3, 0.4) is 0 Å². The molecule has 1 spiro atoms. The number of rotatable bonds is 8. The Morgan fingerprint density at radius 1 is 1.09 bits per heavy atom. The smallest absolute Gasteiger partial charge is 0.408 e. The molecule has 6 aliphatic rings. The largest absolute Gasteiger partial charge is 0.497 e. The summed E-state index contributed by atoms with van der Waals surface area (Å²) in [6.07, 6.45) is 11.7. The summed E-state index contributed by atoms with van der Waals surface area (Å²) in [6, 6.07) is 6.44. The zero-order chi connectivity index (χ0) is 37.4. The standard InChI is InChI=1S/C40H50N6O7S/c1-23(2)41-38-43-32(22-54-38)31-19-34(28-16-15-26(50-3)17-30(28)42-31)51-27-18-33-35-45-40(37(48)53-35)20-24(40)11-7-5-4-6-8-14-29(36(47)46(33)21-27)44-39(49)52-25-12-9-10-13-25/h7,11,15-17,19,22-25,27,29,33,38,41,43H,4-6,8-10,12-14,18,20-21H2,1-3H3,(H,44,49)/b11-7-/t24-,27-,29+,33+,38?,40-/m1/s1. The summed E-state index contributed by atoms with van der Waals surface area (Å²) in [7, 11) is 1.62. The first-order valence-corrected chi connectivity index (χ1v) is 20.4. The van der Waals surface area contributed by atoms with Crippen LogP contribution in [0.2, 0.25) is 0 Å². The van der Waals surface area contributed by atoms with E-state index in [0.29, 0.717) is 48.0 Å². The van der Waals surface area contributed by atoms with E-state index in [2.05, 4.69) is 47.4 Å². The number of pyridine rings is 1. The predicted octanol–water partition coefficient (Wildman–Crippen LogP) is 5.78. The average molecular weight is 759 g/mol. The molecular formula is C40H50N6O7S. The number of allylic oxidation sites excluding steroid dienone is 1. The first-order valence-electron chi connectivity index (χ1n) is 19.5. The number of aromatic nitrogens is 1. The van der Waals surface area contributed by atoms with E-state index in [4.69, 9.17) is 28.9 Å². The lowest BCUT2D eigenvalue weighted by Crippen LogP contribution is -2.52. The molecule has 6 atom stereocenters. The lowest BCUT2D eigenvalue weighted by molar-refractivity contribution is -0.138. The number of aliphatic imine (C=N–C) groups is 1. The fraction of sp³-hybridized carbons (Fsp3) is 0.575. The molecule has 2 bridgehead atoms. The molecule has 1 saturated heterocycles. The van der Waals surface area contributed by atoms with Crippen LogP contribution in [0.1, 0.15) is 90.2 Å². The van der Waals surface area contributed by atoms with E-state index in [1.54, 1.807) is 23.8 Å². The molecule has 2 amide bonds. The van der Waals surface area contributed by atoms with Gasteiger partial charge in [-0.3, -0.25) is 10.1 Å². The van der Waals surface area contributed by atoms with Crippen molar-refractivity contribution in [1.29, 1.82) is 0 Å². The van der Waals surface area contributed by atoms with Crippen molar-refractivity contribution in [2.24, 2.45) is 10.9 Å². The number of hydrogen-bond donors (Lipinski definition) is 3. The number of esters is 1. The maximum Gasteiger partial charge on any atom is 0.408 e. The number of nitrogens with one attached hydrogen (secondary N) is 3. The number of benzene rings is 1. The Morgan fingerprint density at radius 2 is 1.93 bits per heavy atom. The molecule has 5 heterocycles. The summed E-state index contributed by atoms with van der Waals surface area (Å²) < 4.78 is 24.0. The minimum absolute atomic E-state index is 0.00750. The highest BCUT2D eigenvalue weighted by molar-refractivity contribution is 8.03. The van der Waals surface area contributed by atoms with Gasteiger partial charge in [-0.1, -0.05) is 36.8 Å². The second-order valence-electron chi connectivity index (χ2n) is 15.5. The van der Waals surface area contributed by atoms with E-state index in [0.717, 1.165) is 62.4 Å². The Hall–Kier alpha value is -4.30. The molecule has 4 aliphatic heterocycles. The number of thioether (sulfide) groups is 1. The van der Waals surface area contributed by atoms with Gasteiger partial charge in [-0.2, -0.15) is 0 Å². The molecule has 1 aromatic heterocycles. The van der Waals surface area contributed by atoms with Gasteiger partial charge in [-0.05, 0) is 82.8 Å². The van der Waals surface area contributed by atoms with E-state index in [9.17, 15) is 14.4 Å². The van der Waals surface area contributed by atoms with Crippen LogP contribution in [0.15, 0.2) is 46.8 Å². The molecular weight excluding hydrogens is 709 g/mol. The molecule has 2 aliphatic carbocycles. The van der Waals surface area contributed by atoms with E-state index in [1.807, 2.05) is 24.3 Å². The van der Waals surface area contributed by atoms with E-state index >= 15 is 0 Å². The second-order valence-corrected chi connectivity index (χ2v) is 16.5. The first-order chi connectivity index (χ1) is 26.2. The number of alkyl carbamates (subject to hydrolysis) is 1. The minimum Gasteiger partial charge on any atom is -0.497 e. The molecule has 0 radical (unpaired) electrons. The van der Waals surface area contributed by atoms with Crippen molar-refractivity contribution in [3.8, 4) is 11.5 Å². The summed E-state index contributed by atoms with van der Waals surface area (Å²) in [6.45, 7) is 4.41. The molecule has 1 aromatic carbocycles. The van der Waals surface area contributed by atoms with Gasteiger partial charge in [-0.25, -0.2) is 19.6 Å². The molecule has 3 N–H and O–H groups in total. The number of carbonyl (C=O) groups is 3. The zero-order valence-electron chi connectivity index (χ0n) is 31.2. The van der Waals surface area contributed by atoms with E-state index in [1.165, 1.54) is 0 Å². The SMILES string of the molecule is COc1ccc2c(O[C@@H]3C[C@H]4C5=N[C@@]6(C[C@H]6/C=C\CCCCC[C@H](NC(=O)OC6CCCC6)C(=O)N4C3)C(=O)O5)cc(C3=CSC(NC(C)C)N3)nc2c1. The number of nitrogens with zero attached hydrogens (tertiary/aromatic N) is 3. The molecule has 3 fully saturated rings. The van der Waals surface area contributed by atoms with Gasteiger partial charge in [0.15, 0.2) is 5.54 Å². The first kappa shape index (κ1) is 36.7. The van der Waals surface area contributed by atoms with Gasteiger partial charge in [0.1, 0.15) is 41.3 Å². The highest BCUT2D eigenvalue weighted by Crippen LogP contribution is 2.52. The molecule has 1 unspecified atom stereocenters. The molecule has 8 rings (SSSR count). The molecule has 13 nitrogen and oxygen atoms in total. The van der Waals surface area contributed by atoms with Crippen molar-refractivity contribution >= 4 is 52.2 Å². The summed E-state index contributed by atoms with van der Waals surface area (Å²) in [4.78, 5) is 52.8. The van der Waals surface area contributed by atoms with Crippen LogP contribution >= 0.6 is 11.8 Å². The number of methoxy groups -OCH3 is 1. The van der Waals surface area contributed by atoms with Gasteiger partial charge in [0.05, 0.1) is 30.6 Å². The molecule has 14 heteroatoms. The molecule has 2 aromatic rings. The monoisotopic (exact) mass is 758 g/mol. The lowest BCUT2D eigenvalue weighted by atomic mass is 10.0. The van der Waals surface area contributed by atoms with E-state index < -0.39 is 29.8 Å². The normalized spacial score (nSPS) is 30.4.